The summed E-state index contributed by atoms with van der Waals surface area (Å²) < 4.78 is 22.9. The van der Waals surface area contributed by atoms with Gasteiger partial charge in [0.25, 0.3) is 0 Å². The van der Waals surface area contributed by atoms with Gasteiger partial charge in [0.15, 0.2) is 9.84 Å². The molecule has 1 aliphatic rings. The van der Waals surface area contributed by atoms with E-state index in [-0.39, 0.29) is 41.7 Å². The lowest BCUT2D eigenvalue weighted by Gasteiger charge is -2.21. The van der Waals surface area contributed by atoms with Gasteiger partial charge in [-0.1, -0.05) is 23.7 Å². The van der Waals surface area contributed by atoms with Crippen molar-refractivity contribution in [1.82, 2.24) is 10.2 Å². The molecule has 0 aromatic heterocycles. The first-order chi connectivity index (χ1) is 12.3. The van der Waals surface area contributed by atoms with Crippen molar-refractivity contribution in [2.24, 2.45) is 0 Å². The Morgan fingerprint density at radius 1 is 1.31 bits per heavy atom. The summed E-state index contributed by atoms with van der Waals surface area (Å²) in [6.07, 6.45) is 0.436. The van der Waals surface area contributed by atoms with Crippen molar-refractivity contribution in [2.75, 3.05) is 30.3 Å². The van der Waals surface area contributed by atoms with E-state index in [1.807, 2.05) is 31.2 Å². The number of nitrogens with one attached hydrogen (secondary N) is 1. The Morgan fingerprint density at radius 3 is 2.58 bits per heavy atom. The maximum atomic E-state index is 12.3. The van der Waals surface area contributed by atoms with Crippen LogP contribution in [0.2, 0.25) is 5.02 Å². The molecule has 0 aliphatic carbocycles. The molecule has 1 aliphatic heterocycles. The normalized spacial score (nSPS) is 18.5. The number of carbonyl (C=O) groups excluding carboxylic acids is 2. The van der Waals surface area contributed by atoms with Crippen LogP contribution in [0.25, 0.3) is 0 Å². The van der Waals surface area contributed by atoms with E-state index in [0.717, 1.165) is 5.56 Å². The first-order valence-corrected chi connectivity index (χ1v) is 11.7. The smallest absolute Gasteiger partial charge is 0.239 e. The van der Waals surface area contributed by atoms with E-state index in [1.54, 1.807) is 0 Å². The van der Waals surface area contributed by atoms with Gasteiger partial charge in [0.2, 0.25) is 11.8 Å². The fourth-order valence-corrected chi connectivity index (χ4v) is 5.35. The predicted molar refractivity (Wildman–Crippen MR) is 105 cm³/mol. The van der Waals surface area contributed by atoms with E-state index in [9.17, 15) is 18.0 Å². The molecule has 26 heavy (non-hydrogen) atoms. The number of hydrogen-bond donors (Lipinski definition) is 1. The number of rotatable bonds is 8. The predicted octanol–water partition coefficient (Wildman–Crippen LogP) is 1.72. The Bertz CT molecular complexity index is 738. The van der Waals surface area contributed by atoms with Crippen LogP contribution in [0.4, 0.5) is 0 Å². The minimum Gasteiger partial charge on any atom is -0.351 e. The van der Waals surface area contributed by atoms with Crippen molar-refractivity contribution in [3.8, 4) is 0 Å². The maximum Gasteiger partial charge on any atom is 0.239 e. The van der Waals surface area contributed by atoms with Gasteiger partial charge in [-0.15, -0.1) is 11.8 Å². The number of likely N-dealkylation sites (N-methyl/N-ethyl adjacent to an activating group) is 1. The van der Waals surface area contributed by atoms with Crippen molar-refractivity contribution in [2.45, 2.75) is 25.1 Å². The minimum absolute atomic E-state index is 0.0181. The first kappa shape index (κ1) is 21.1. The number of benzene rings is 1. The Balaban J connectivity index is 1.75. The fourth-order valence-electron chi connectivity index (χ4n) is 2.66. The summed E-state index contributed by atoms with van der Waals surface area (Å²) >= 11 is 7.32. The van der Waals surface area contributed by atoms with Crippen LogP contribution in [-0.2, 0) is 25.2 Å². The molecule has 1 saturated heterocycles. The zero-order valence-corrected chi connectivity index (χ0v) is 17.0. The molecule has 1 aromatic rings. The fraction of sp³-hybridized carbons (Fsp3) is 0.529. The number of carbonyl (C=O) groups is 2. The summed E-state index contributed by atoms with van der Waals surface area (Å²) in [4.78, 5) is 25.9. The molecule has 2 amide bonds. The van der Waals surface area contributed by atoms with E-state index in [0.29, 0.717) is 23.7 Å². The molecule has 1 heterocycles. The second-order valence-corrected chi connectivity index (χ2v) is 9.85. The SMILES string of the molecule is CCN(CC(=O)N[C@H]1CCS(=O)(=O)C1)C(=O)CSCc1ccc(Cl)cc1. The van der Waals surface area contributed by atoms with Gasteiger partial charge in [0, 0.05) is 23.4 Å². The van der Waals surface area contributed by atoms with Crippen molar-refractivity contribution >= 4 is 45.0 Å². The van der Waals surface area contributed by atoms with Gasteiger partial charge in [-0.2, -0.15) is 0 Å². The second kappa shape index (κ2) is 9.62. The number of nitrogens with zero attached hydrogens (tertiary/aromatic N) is 1. The highest BCUT2D eigenvalue weighted by Gasteiger charge is 2.29. The topological polar surface area (TPSA) is 83.6 Å². The highest BCUT2D eigenvalue weighted by molar-refractivity contribution is 7.99. The van der Waals surface area contributed by atoms with Gasteiger partial charge < -0.3 is 10.2 Å². The van der Waals surface area contributed by atoms with E-state index in [1.165, 1.54) is 16.7 Å². The number of sulfone groups is 1. The number of thioether (sulfide) groups is 1. The monoisotopic (exact) mass is 418 g/mol. The molecule has 1 aromatic carbocycles. The summed E-state index contributed by atoms with van der Waals surface area (Å²) in [6.45, 7) is 2.19. The lowest BCUT2D eigenvalue weighted by Crippen LogP contribution is -2.45. The molecule has 0 spiro atoms. The van der Waals surface area contributed by atoms with Gasteiger partial charge in [-0.25, -0.2) is 8.42 Å². The Kier molecular flexibility index (Phi) is 7.79. The average Bonchev–Trinajstić information content (AvgIpc) is 2.92. The Labute approximate surface area is 163 Å². The Hall–Kier alpha value is -1.25. The van der Waals surface area contributed by atoms with Gasteiger partial charge >= 0.3 is 0 Å². The molecule has 0 radical (unpaired) electrons. The largest absolute Gasteiger partial charge is 0.351 e. The zero-order valence-electron chi connectivity index (χ0n) is 14.6. The summed E-state index contributed by atoms with van der Waals surface area (Å²) in [7, 11) is -3.04. The minimum atomic E-state index is -3.04. The molecule has 0 saturated carbocycles. The van der Waals surface area contributed by atoms with E-state index < -0.39 is 9.84 Å². The highest BCUT2D eigenvalue weighted by Crippen LogP contribution is 2.16. The van der Waals surface area contributed by atoms with Crippen LogP contribution in [0.3, 0.4) is 0 Å². The third-order valence-corrected chi connectivity index (χ3v) is 7.08. The maximum absolute atomic E-state index is 12.3. The molecular formula is C17H23ClN2O4S2. The zero-order chi connectivity index (χ0) is 19.2. The Morgan fingerprint density at radius 2 is 2.00 bits per heavy atom. The van der Waals surface area contributed by atoms with Gasteiger partial charge in [-0.05, 0) is 31.0 Å². The van der Waals surface area contributed by atoms with Gasteiger partial charge in [0.1, 0.15) is 0 Å². The average molecular weight is 419 g/mol. The van der Waals surface area contributed by atoms with Gasteiger partial charge in [0.05, 0.1) is 23.8 Å². The lowest BCUT2D eigenvalue weighted by atomic mass is 10.2. The van der Waals surface area contributed by atoms with Crippen LogP contribution in [0.1, 0.15) is 18.9 Å². The lowest BCUT2D eigenvalue weighted by molar-refractivity contribution is -0.134. The molecule has 144 valence electrons. The van der Waals surface area contributed by atoms with Crippen molar-refractivity contribution < 1.29 is 18.0 Å². The van der Waals surface area contributed by atoms with E-state index in [2.05, 4.69) is 5.32 Å². The van der Waals surface area contributed by atoms with E-state index in [4.69, 9.17) is 11.6 Å². The molecule has 6 nitrogen and oxygen atoms in total. The number of hydrogen-bond acceptors (Lipinski definition) is 5. The van der Waals surface area contributed by atoms with E-state index >= 15 is 0 Å². The van der Waals surface area contributed by atoms with Crippen molar-refractivity contribution in [3.63, 3.8) is 0 Å². The van der Waals surface area contributed by atoms with Gasteiger partial charge in [-0.3, -0.25) is 9.59 Å². The summed E-state index contributed by atoms with van der Waals surface area (Å²) in [5, 5.41) is 3.38. The van der Waals surface area contributed by atoms with Crippen molar-refractivity contribution in [1.29, 1.82) is 0 Å². The van der Waals surface area contributed by atoms with Crippen molar-refractivity contribution in [3.05, 3.63) is 34.9 Å². The molecule has 1 N–H and O–H groups in total. The summed E-state index contributed by atoms with van der Waals surface area (Å²) in [5.41, 5.74) is 1.08. The first-order valence-electron chi connectivity index (χ1n) is 8.39. The summed E-state index contributed by atoms with van der Waals surface area (Å²) in [6, 6.07) is 7.11. The summed E-state index contributed by atoms with van der Waals surface area (Å²) in [5.74, 6) is 0.630. The quantitative estimate of drug-likeness (QED) is 0.695. The molecule has 1 atom stereocenters. The number of amides is 2. The van der Waals surface area contributed by atoms with Crippen LogP contribution in [0, 0.1) is 0 Å². The second-order valence-electron chi connectivity index (χ2n) is 6.19. The molecule has 0 unspecified atom stereocenters. The third-order valence-electron chi connectivity index (χ3n) is 4.07. The molecule has 9 heteroatoms. The standard InChI is InChI=1S/C17H23ClN2O4S2/c1-2-20(9-16(21)19-15-7-8-26(23,24)12-15)17(22)11-25-10-13-3-5-14(18)6-4-13/h3-6,15H,2,7-12H2,1H3,(H,19,21)/t15-/m0/s1. The molecular weight excluding hydrogens is 396 g/mol. The van der Waals surface area contributed by atoms with Crippen LogP contribution < -0.4 is 5.32 Å². The number of halogens is 1. The molecule has 1 fully saturated rings. The third kappa shape index (κ3) is 6.81. The molecule has 0 bridgehead atoms. The van der Waals surface area contributed by atoms with Crippen LogP contribution >= 0.6 is 23.4 Å². The molecule has 2 rings (SSSR count). The highest BCUT2D eigenvalue weighted by atomic mass is 35.5. The van der Waals surface area contributed by atoms with Crippen LogP contribution in [0.15, 0.2) is 24.3 Å². The van der Waals surface area contributed by atoms with Crippen LogP contribution in [0.5, 0.6) is 0 Å². The van der Waals surface area contributed by atoms with Crippen LogP contribution in [-0.4, -0.2) is 61.5 Å².